The van der Waals surface area contributed by atoms with Crippen LogP contribution in [0.1, 0.15) is 67.2 Å². The highest BCUT2D eigenvalue weighted by Gasteiger charge is 2.68. The van der Waals surface area contributed by atoms with Crippen LogP contribution in [0.5, 0.6) is 0 Å². The second kappa shape index (κ2) is 8.47. The van der Waals surface area contributed by atoms with E-state index in [0.717, 1.165) is 23.0 Å². The fraction of sp³-hybridized carbons (Fsp3) is 0.739. The van der Waals surface area contributed by atoms with Gasteiger partial charge < -0.3 is 23.5 Å². The van der Waals surface area contributed by atoms with E-state index in [2.05, 4.69) is 57.5 Å². The third kappa shape index (κ3) is 4.88. The molecule has 33 heavy (non-hydrogen) atoms. The highest BCUT2D eigenvalue weighted by atomic mass is 79.9. The van der Waals surface area contributed by atoms with Gasteiger partial charge in [0, 0.05) is 36.1 Å². The van der Waals surface area contributed by atoms with Gasteiger partial charge in [-0.15, -0.1) is 0 Å². The van der Waals surface area contributed by atoms with Crippen molar-refractivity contribution in [2.75, 3.05) is 18.0 Å². The number of anilines is 1. The summed E-state index contributed by atoms with van der Waals surface area (Å²) in [5.74, 6) is -2.47. The summed E-state index contributed by atoms with van der Waals surface area (Å²) < 4.78 is 51.1. The summed E-state index contributed by atoms with van der Waals surface area (Å²) in [5.41, 5.74) is -0.145. The van der Waals surface area contributed by atoms with Crippen molar-refractivity contribution in [2.24, 2.45) is 0 Å². The van der Waals surface area contributed by atoms with Crippen molar-refractivity contribution in [3.63, 3.8) is 0 Å². The van der Waals surface area contributed by atoms with Gasteiger partial charge in [-0.3, -0.25) is 0 Å². The first kappa shape index (κ1) is 25.4. The Kier molecular flexibility index (Phi) is 6.53. The fourth-order valence-corrected chi connectivity index (χ4v) is 5.10. The highest BCUT2D eigenvalue weighted by molar-refractivity contribution is 9.10. The maximum Gasteiger partial charge on any atom is 0.488 e. The quantitative estimate of drug-likeness (QED) is 0.439. The molecule has 4 fully saturated rings. The van der Waals surface area contributed by atoms with E-state index >= 15 is 0 Å². The first-order chi connectivity index (χ1) is 15.2. The molecule has 0 aromatic heterocycles. The Hall–Kier alpha value is -0.670. The third-order valence-electron chi connectivity index (χ3n) is 8.11. The summed E-state index contributed by atoms with van der Waals surface area (Å²) in [5, 5.41) is 0. The van der Waals surface area contributed by atoms with Gasteiger partial charge in [-0.25, -0.2) is 8.78 Å². The van der Waals surface area contributed by atoms with Crippen LogP contribution in [-0.2, 0) is 18.6 Å². The molecule has 4 aliphatic heterocycles. The molecule has 2 unspecified atom stereocenters. The maximum atomic E-state index is 12.9. The fourth-order valence-electron chi connectivity index (χ4n) is 4.84. The molecule has 0 amide bonds. The molecular weight excluding hydrogens is 494 g/mol. The number of halogens is 3. The van der Waals surface area contributed by atoms with Gasteiger partial charge in [-0.2, -0.15) is 0 Å². The summed E-state index contributed by atoms with van der Waals surface area (Å²) >= 11 is 3.35. The molecule has 5 rings (SSSR count). The van der Waals surface area contributed by atoms with Crippen LogP contribution >= 0.6 is 15.9 Å². The lowest BCUT2D eigenvalue weighted by Gasteiger charge is -2.42. The van der Waals surface area contributed by atoms with Crippen molar-refractivity contribution >= 4 is 35.6 Å². The normalized spacial score (nSPS) is 33.8. The molecule has 4 heterocycles. The average molecular weight is 528 g/mol. The summed E-state index contributed by atoms with van der Waals surface area (Å²) in [6.45, 7) is 13.5. The smallest absolute Gasteiger partial charge is 0.405 e. The van der Waals surface area contributed by atoms with Gasteiger partial charge in [0.05, 0.1) is 22.4 Å². The van der Waals surface area contributed by atoms with E-state index in [1.165, 1.54) is 0 Å². The van der Waals surface area contributed by atoms with E-state index in [9.17, 15) is 8.78 Å². The monoisotopic (exact) mass is 527 g/mol. The largest absolute Gasteiger partial charge is 0.488 e. The molecule has 1 aromatic carbocycles. The van der Waals surface area contributed by atoms with E-state index in [4.69, 9.17) is 18.6 Å². The number of hydrogen-bond acceptors (Lipinski definition) is 5. The first-order valence-corrected chi connectivity index (χ1v) is 12.5. The lowest BCUT2D eigenvalue weighted by Crippen LogP contribution is -2.50. The molecule has 1 aromatic rings. The Morgan fingerprint density at radius 2 is 1.15 bits per heavy atom. The maximum absolute atomic E-state index is 12.9. The minimum Gasteiger partial charge on any atom is -0.405 e. The summed E-state index contributed by atoms with van der Waals surface area (Å²) in [6.07, 6.45) is 1.74. The second-order valence-electron chi connectivity index (χ2n) is 11.0. The van der Waals surface area contributed by atoms with Crippen LogP contribution in [0, 0.1) is 0 Å². The molecule has 0 aliphatic carbocycles. The number of rotatable bonds is 1. The molecule has 4 aliphatic rings. The van der Waals surface area contributed by atoms with Crippen molar-refractivity contribution in [1.29, 1.82) is 0 Å². The highest BCUT2D eigenvalue weighted by Crippen LogP contribution is 2.50. The minimum absolute atomic E-state index is 0.0386. The van der Waals surface area contributed by atoms with Crippen molar-refractivity contribution in [3.8, 4) is 0 Å². The number of hydrogen-bond donors (Lipinski definition) is 0. The van der Waals surface area contributed by atoms with Gasteiger partial charge in [0.2, 0.25) is 0 Å². The van der Waals surface area contributed by atoms with Gasteiger partial charge >= 0.3 is 14.0 Å². The van der Waals surface area contributed by atoms with Crippen molar-refractivity contribution in [1.82, 2.24) is 0 Å². The standard InChI is InChI=1S/C12H22B2O4.C11H12BrF2N/c1-9(2)11(5)7-8-12(6)10(3,4)16-14(18-12)13(15-9)17-11;12-9-1-3-10(4-2-9)15-7-5-11(13,14)6-8-15/h7-8H2,1-6H3;1-4H,5-8H2. The number of nitrogens with zero attached hydrogens (tertiary/aromatic N) is 1. The molecule has 182 valence electrons. The van der Waals surface area contributed by atoms with Crippen LogP contribution in [0.25, 0.3) is 0 Å². The molecule has 0 radical (unpaired) electrons. The van der Waals surface area contributed by atoms with Gasteiger partial charge in [0.15, 0.2) is 0 Å². The Balaban J connectivity index is 0.000000160. The van der Waals surface area contributed by atoms with E-state index in [-0.39, 0.29) is 35.2 Å². The van der Waals surface area contributed by atoms with Crippen LogP contribution in [0.15, 0.2) is 28.7 Å². The van der Waals surface area contributed by atoms with Crippen molar-refractivity contribution in [3.05, 3.63) is 28.7 Å². The van der Waals surface area contributed by atoms with Crippen LogP contribution in [0.3, 0.4) is 0 Å². The Morgan fingerprint density at radius 3 is 1.58 bits per heavy atom. The van der Waals surface area contributed by atoms with E-state index in [0.29, 0.717) is 13.1 Å². The molecule has 2 atom stereocenters. The number of piperidine rings is 1. The molecular formula is C23H34B2BrF2NO4. The molecule has 4 saturated heterocycles. The molecule has 0 saturated carbocycles. The van der Waals surface area contributed by atoms with Crippen molar-refractivity contribution in [2.45, 2.75) is 95.6 Å². The summed E-state index contributed by atoms with van der Waals surface area (Å²) in [4.78, 5) is 2.00. The zero-order valence-electron chi connectivity index (χ0n) is 20.4. The second-order valence-corrected chi connectivity index (χ2v) is 11.9. The molecule has 5 nitrogen and oxygen atoms in total. The number of fused-ring (bicyclic) bond motifs is 5. The van der Waals surface area contributed by atoms with Crippen LogP contribution in [-0.4, -0.2) is 55.4 Å². The van der Waals surface area contributed by atoms with Crippen LogP contribution in [0.4, 0.5) is 14.5 Å². The summed E-state index contributed by atoms with van der Waals surface area (Å²) in [7, 11) is -0.849. The Morgan fingerprint density at radius 1 is 0.727 bits per heavy atom. The van der Waals surface area contributed by atoms with Crippen LogP contribution in [0.2, 0.25) is 0 Å². The number of benzene rings is 1. The minimum atomic E-state index is -2.47. The zero-order valence-corrected chi connectivity index (χ0v) is 22.0. The van der Waals surface area contributed by atoms with Crippen LogP contribution < -0.4 is 4.90 Å². The van der Waals surface area contributed by atoms with Gasteiger partial charge in [-0.05, 0) is 78.6 Å². The van der Waals surface area contributed by atoms with E-state index in [1.54, 1.807) is 0 Å². The topological polar surface area (TPSA) is 40.2 Å². The Bertz CT molecular complexity index is 829. The molecule has 0 spiro atoms. The van der Waals surface area contributed by atoms with Crippen molar-refractivity contribution < 1.29 is 27.4 Å². The molecule has 4 bridgehead atoms. The molecule has 0 N–H and O–H groups in total. The number of alkyl halides is 2. The average Bonchev–Trinajstić information content (AvgIpc) is 3.12. The van der Waals surface area contributed by atoms with Gasteiger partial charge in [-0.1, -0.05) is 15.9 Å². The lowest BCUT2D eigenvalue weighted by molar-refractivity contribution is -0.0578. The lowest BCUT2D eigenvalue weighted by atomic mass is 9.49. The SMILES string of the molecule is CC1(C)OB2OC1(C)CCC1(C)OB2OC1(C)C.FC1(F)CCN(c2ccc(Br)cc2)CC1. The first-order valence-electron chi connectivity index (χ1n) is 11.8. The predicted molar refractivity (Wildman–Crippen MR) is 131 cm³/mol. The zero-order chi connectivity index (χ0) is 24.3. The predicted octanol–water partition coefficient (Wildman–Crippen LogP) is 5.69. The third-order valence-corrected chi connectivity index (χ3v) is 8.64. The Labute approximate surface area is 205 Å². The van der Waals surface area contributed by atoms with E-state index in [1.807, 2.05) is 29.2 Å². The van der Waals surface area contributed by atoms with E-state index < -0.39 is 19.9 Å². The summed E-state index contributed by atoms with van der Waals surface area (Å²) in [6, 6.07) is 7.77. The molecule has 10 heteroatoms. The van der Waals surface area contributed by atoms with Gasteiger partial charge in [0.25, 0.3) is 5.92 Å². The van der Waals surface area contributed by atoms with Gasteiger partial charge in [0.1, 0.15) is 0 Å².